The second-order valence-electron chi connectivity index (χ2n) is 4.60. The molecular weight excluding hydrogens is 256 g/mol. The number of carbonyl (C=O) groups is 1. The maximum atomic E-state index is 11.8. The Bertz CT molecular complexity index is 446. The lowest BCUT2D eigenvalue weighted by Crippen LogP contribution is -2.40. The van der Waals surface area contributed by atoms with Crippen LogP contribution in [0.5, 0.6) is 5.75 Å². The van der Waals surface area contributed by atoms with Gasteiger partial charge in [0.25, 0.3) is 0 Å². The van der Waals surface area contributed by atoms with E-state index >= 15 is 0 Å². The first-order valence-corrected chi connectivity index (χ1v) is 6.53. The van der Waals surface area contributed by atoms with Gasteiger partial charge < -0.3 is 20.1 Å². The van der Waals surface area contributed by atoms with Gasteiger partial charge in [-0.3, -0.25) is 0 Å². The van der Waals surface area contributed by atoms with Crippen LogP contribution in [0.3, 0.4) is 0 Å². The molecule has 1 aromatic rings. The summed E-state index contributed by atoms with van der Waals surface area (Å²) in [6, 6.07) is 7.28. The first kappa shape index (κ1) is 16.0. The van der Waals surface area contributed by atoms with Crippen molar-refractivity contribution in [3.05, 3.63) is 42.5 Å². The van der Waals surface area contributed by atoms with E-state index in [1.54, 1.807) is 20.0 Å². The molecule has 5 nitrogen and oxygen atoms in total. The summed E-state index contributed by atoms with van der Waals surface area (Å²) in [5, 5.41) is 12.0. The number of amides is 2. The zero-order valence-corrected chi connectivity index (χ0v) is 12.0. The SMILES string of the molecule is C=CCOc1ccccc1CNC(=O)N(C)CC(C)O. The molecule has 0 aliphatic heterocycles. The van der Waals surface area contributed by atoms with Gasteiger partial charge in [-0.15, -0.1) is 0 Å². The van der Waals surface area contributed by atoms with E-state index in [0.717, 1.165) is 11.3 Å². The smallest absolute Gasteiger partial charge is 0.317 e. The van der Waals surface area contributed by atoms with Crippen LogP contribution in [0, 0.1) is 0 Å². The number of nitrogens with one attached hydrogen (secondary N) is 1. The number of carbonyl (C=O) groups excluding carboxylic acids is 1. The predicted molar refractivity (Wildman–Crippen MR) is 78.7 cm³/mol. The van der Waals surface area contributed by atoms with Crippen LogP contribution in [0.1, 0.15) is 12.5 Å². The van der Waals surface area contributed by atoms with Crippen LogP contribution in [0.4, 0.5) is 4.79 Å². The minimum absolute atomic E-state index is 0.232. The Morgan fingerprint density at radius 3 is 2.90 bits per heavy atom. The van der Waals surface area contributed by atoms with E-state index in [1.165, 1.54) is 4.90 Å². The predicted octanol–water partition coefficient (Wildman–Crippen LogP) is 1.77. The van der Waals surface area contributed by atoms with E-state index in [4.69, 9.17) is 4.74 Å². The average Bonchev–Trinajstić information content (AvgIpc) is 2.42. The van der Waals surface area contributed by atoms with Crippen molar-refractivity contribution in [3.8, 4) is 5.75 Å². The van der Waals surface area contributed by atoms with Crippen LogP contribution in [0.15, 0.2) is 36.9 Å². The number of aliphatic hydroxyl groups excluding tert-OH is 1. The van der Waals surface area contributed by atoms with Gasteiger partial charge in [-0.25, -0.2) is 4.79 Å². The van der Waals surface area contributed by atoms with Gasteiger partial charge in [-0.1, -0.05) is 30.9 Å². The van der Waals surface area contributed by atoms with Gasteiger partial charge in [-0.05, 0) is 13.0 Å². The van der Waals surface area contributed by atoms with Gasteiger partial charge >= 0.3 is 6.03 Å². The highest BCUT2D eigenvalue weighted by atomic mass is 16.5. The van der Waals surface area contributed by atoms with Gasteiger partial charge in [-0.2, -0.15) is 0 Å². The topological polar surface area (TPSA) is 61.8 Å². The summed E-state index contributed by atoms with van der Waals surface area (Å²) in [4.78, 5) is 13.3. The van der Waals surface area contributed by atoms with Crippen LogP contribution in [-0.2, 0) is 6.54 Å². The molecule has 0 aliphatic carbocycles. The second-order valence-corrected chi connectivity index (χ2v) is 4.60. The minimum atomic E-state index is -0.547. The molecular formula is C15H22N2O3. The first-order chi connectivity index (χ1) is 9.54. The summed E-state index contributed by atoms with van der Waals surface area (Å²) in [6.45, 7) is 6.33. The Hall–Kier alpha value is -2.01. The number of ether oxygens (including phenoxy) is 1. The Balaban J connectivity index is 2.56. The Labute approximate surface area is 119 Å². The van der Waals surface area contributed by atoms with E-state index in [9.17, 15) is 9.90 Å². The van der Waals surface area contributed by atoms with Gasteiger partial charge in [0.05, 0.1) is 6.10 Å². The van der Waals surface area contributed by atoms with Crippen molar-refractivity contribution < 1.29 is 14.6 Å². The number of urea groups is 1. The summed E-state index contributed by atoms with van der Waals surface area (Å²) in [5.74, 6) is 0.728. The average molecular weight is 278 g/mol. The highest BCUT2D eigenvalue weighted by molar-refractivity contribution is 5.73. The van der Waals surface area contributed by atoms with Gasteiger partial charge in [0, 0.05) is 25.7 Å². The van der Waals surface area contributed by atoms with Gasteiger partial charge in [0.2, 0.25) is 0 Å². The van der Waals surface area contributed by atoms with Gasteiger partial charge in [0.1, 0.15) is 12.4 Å². The molecule has 20 heavy (non-hydrogen) atoms. The van der Waals surface area contributed by atoms with Crippen LogP contribution in [0.25, 0.3) is 0 Å². The van der Waals surface area contributed by atoms with Crippen molar-refractivity contribution >= 4 is 6.03 Å². The highest BCUT2D eigenvalue weighted by Gasteiger charge is 2.11. The van der Waals surface area contributed by atoms with Crippen molar-refractivity contribution in [2.75, 3.05) is 20.2 Å². The van der Waals surface area contributed by atoms with Crippen LogP contribution < -0.4 is 10.1 Å². The third-order valence-corrected chi connectivity index (χ3v) is 2.64. The van der Waals surface area contributed by atoms with Crippen molar-refractivity contribution in [2.24, 2.45) is 0 Å². The Morgan fingerprint density at radius 2 is 2.25 bits per heavy atom. The number of nitrogens with zero attached hydrogens (tertiary/aromatic N) is 1. The van der Waals surface area contributed by atoms with E-state index in [1.807, 2.05) is 24.3 Å². The molecule has 1 unspecified atom stereocenters. The molecule has 0 aliphatic rings. The van der Waals surface area contributed by atoms with Crippen molar-refractivity contribution in [1.82, 2.24) is 10.2 Å². The summed E-state index contributed by atoms with van der Waals surface area (Å²) >= 11 is 0. The van der Waals surface area contributed by atoms with E-state index < -0.39 is 6.10 Å². The molecule has 0 fully saturated rings. The van der Waals surface area contributed by atoms with Crippen molar-refractivity contribution in [3.63, 3.8) is 0 Å². The Morgan fingerprint density at radius 1 is 1.55 bits per heavy atom. The zero-order valence-electron chi connectivity index (χ0n) is 12.0. The highest BCUT2D eigenvalue weighted by Crippen LogP contribution is 2.17. The number of para-hydroxylation sites is 1. The van der Waals surface area contributed by atoms with Crippen molar-refractivity contribution in [2.45, 2.75) is 19.6 Å². The number of likely N-dealkylation sites (N-methyl/N-ethyl adjacent to an activating group) is 1. The number of rotatable bonds is 7. The van der Waals surface area contributed by atoms with Gasteiger partial charge in [0.15, 0.2) is 0 Å². The second kappa shape index (κ2) is 8.22. The van der Waals surface area contributed by atoms with E-state index in [-0.39, 0.29) is 6.03 Å². The molecule has 0 saturated heterocycles. The summed E-state index contributed by atoms with van der Waals surface area (Å²) in [7, 11) is 1.64. The molecule has 0 aromatic heterocycles. The fraction of sp³-hybridized carbons (Fsp3) is 0.400. The lowest BCUT2D eigenvalue weighted by atomic mass is 10.2. The molecule has 2 amide bonds. The fourth-order valence-corrected chi connectivity index (χ4v) is 1.72. The maximum absolute atomic E-state index is 11.8. The molecule has 0 bridgehead atoms. The van der Waals surface area contributed by atoms with E-state index in [2.05, 4.69) is 11.9 Å². The molecule has 0 saturated carbocycles. The largest absolute Gasteiger partial charge is 0.489 e. The molecule has 5 heteroatoms. The normalized spacial score (nSPS) is 11.6. The quantitative estimate of drug-likeness (QED) is 0.747. The third-order valence-electron chi connectivity index (χ3n) is 2.64. The van der Waals surface area contributed by atoms with Crippen molar-refractivity contribution in [1.29, 1.82) is 0 Å². The number of aliphatic hydroxyl groups is 1. The summed E-state index contributed by atoms with van der Waals surface area (Å²) < 4.78 is 5.52. The number of hydrogen-bond donors (Lipinski definition) is 2. The molecule has 1 rings (SSSR count). The molecule has 2 N–H and O–H groups in total. The number of hydrogen-bond acceptors (Lipinski definition) is 3. The summed E-state index contributed by atoms with van der Waals surface area (Å²) in [5.41, 5.74) is 0.896. The third kappa shape index (κ3) is 5.32. The first-order valence-electron chi connectivity index (χ1n) is 6.53. The zero-order chi connectivity index (χ0) is 15.0. The fourth-order valence-electron chi connectivity index (χ4n) is 1.72. The van der Waals surface area contributed by atoms with Crippen LogP contribution in [0.2, 0.25) is 0 Å². The molecule has 1 atom stereocenters. The molecule has 0 spiro atoms. The molecule has 110 valence electrons. The lowest BCUT2D eigenvalue weighted by molar-refractivity contribution is 0.143. The standard InChI is InChI=1S/C15H22N2O3/c1-4-9-20-14-8-6-5-7-13(14)10-16-15(19)17(3)11-12(2)18/h4-8,12,18H,1,9-11H2,2-3H3,(H,16,19). The van der Waals surface area contributed by atoms with Crippen LogP contribution in [-0.4, -0.2) is 42.3 Å². The number of benzene rings is 1. The molecule has 0 heterocycles. The molecule has 1 aromatic carbocycles. The monoisotopic (exact) mass is 278 g/mol. The van der Waals surface area contributed by atoms with E-state index in [0.29, 0.717) is 19.7 Å². The maximum Gasteiger partial charge on any atom is 0.317 e. The Kier molecular flexibility index (Phi) is 6.59. The lowest BCUT2D eigenvalue weighted by Gasteiger charge is -2.19. The summed E-state index contributed by atoms with van der Waals surface area (Å²) in [6.07, 6.45) is 1.13. The minimum Gasteiger partial charge on any atom is -0.489 e. The molecule has 0 radical (unpaired) electrons. The van der Waals surface area contributed by atoms with Crippen LogP contribution >= 0.6 is 0 Å².